The number of rotatable bonds is 4. The second-order valence-electron chi connectivity index (χ2n) is 5.12. The lowest BCUT2D eigenvalue weighted by atomic mass is 10.2. The minimum Gasteiger partial charge on any atom is -0.326 e. The van der Waals surface area contributed by atoms with Crippen molar-refractivity contribution in [2.75, 3.05) is 0 Å². The molecule has 0 saturated heterocycles. The molecule has 0 radical (unpaired) electrons. The lowest BCUT2D eigenvalue weighted by molar-refractivity contribution is 0.704. The predicted octanol–water partition coefficient (Wildman–Crippen LogP) is 4.33. The number of hydrogen-bond donors (Lipinski definition) is 1. The summed E-state index contributed by atoms with van der Waals surface area (Å²) in [5.74, 6) is 1.02. The van der Waals surface area contributed by atoms with Gasteiger partial charge in [-0.15, -0.1) is 0 Å². The van der Waals surface area contributed by atoms with E-state index in [4.69, 9.17) is 10.7 Å². The van der Waals surface area contributed by atoms with Crippen molar-refractivity contribution in [2.45, 2.75) is 26.4 Å². The first-order chi connectivity index (χ1) is 10.2. The van der Waals surface area contributed by atoms with Crippen LogP contribution in [0.3, 0.4) is 0 Å². The van der Waals surface area contributed by atoms with E-state index in [2.05, 4.69) is 57.8 Å². The van der Waals surface area contributed by atoms with Gasteiger partial charge in [0.1, 0.15) is 5.82 Å². The Bertz CT molecular complexity index is 777. The summed E-state index contributed by atoms with van der Waals surface area (Å²) in [7, 11) is 0. The van der Waals surface area contributed by atoms with E-state index in [9.17, 15) is 0 Å². The van der Waals surface area contributed by atoms with Gasteiger partial charge in [0, 0.05) is 23.1 Å². The molecule has 0 saturated carbocycles. The number of nitrogens with two attached hydrogens (primary N) is 1. The molecular formula is C17H18BrN3. The van der Waals surface area contributed by atoms with Crippen molar-refractivity contribution in [1.29, 1.82) is 0 Å². The fraction of sp³-hybridized carbons (Fsp3) is 0.235. The zero-order valence-electron chi connectivity index (χ0n) is 12.0. The third kappa shape index (κ3) is 2.74. The van der Waals surface area contributed by atoms with E-state index in [1.807, 2.05) is 12.1 Å². The maximum Gasteiger partial charge on any atom is 0.141 e. The molecule has 3 nitrogen and oxygen atoms in total. The monoisotopic (exact) mass is 343 g/mol. The van der Waals surface area contributed by atoms with Crippen molar-refractivity contribution in [1.82, 2.24) is 9.55 Å². The van der Waals surface area contributed by atoms with E-state index in [1.165, 1.54) is 5.52 Å². The van der Waals surface area contributed by atoms with Gasteiger partial charge in [-0.05, 0) is 36.2 Å². The molecule has 0 spiro atoms. The van der Waals surface area contributed by atoms with Crippen LogP contribution in [-0.2, 0) is 13.1 Å². The third-order valence-corrected chi connectivity index (χ3v) is 4.07. The molecular weight excluding hydrogens is 326 g/mol. The molecule has 0 unspecified atom stereocenters. The highest BCUT2D eigenvalue weighted by Crippen LogP contribution is 2.27. The Hall–Kier alpha value is -1.65. The Labute approximate surface area is 132 Å². The Morgan fingerprint density at radius 2 is 2.05 bits per heavy atom. The van der Waals surface area contributed by atoms with Crippen LogP contribution >= 0.6 is 15.9 Å². The lowest BCUT2D eigenvalue weighted by Gasteiger charge is -2.08. The normalized spacial score (nSPS) is 11.2. The van der Waals surface area contributed by atoms with E-state index in [-0.39, 0.29) is 0 Å². The van der Waals surface area contributed by atoms with Gasteiger partial charge in [0.15, 0.2) is 0 Å². The molecule has 0 aliphatic rings. The molecule has 0 bridgehead atoms. The van der Waals surface area contributed by atoms with Gasteiger partial charge < -0.3 is 10.3 Å². The quantitative estimate of drug-likeness (QED) is 0.765. The molecule has 21 heavy (non-hydrogen) atoms. The molecule has 0 aliphatic carbocycles. The van der Waals surface area contributed by atoms with Crippen LogP contribution in [0.25, 0.3) is 22.4 Å². The molecule has 4 heteroatoms. The van der Waals surface area contributed by atoms with Crippen molar-refractivity contribution in [3.8, 4) is 11.4 Å². The summed E-state index contributed by atoms with van der Waals surface area (Å²) >= 11 is 3.54. The molecule has 2 N–H and O–H groups in total. The third-order valence-electron chi connectivity index (χ3n) is 3.58. The van der Waals surface area contributed by atoms with Crippen LogP contribution in [0.2, 0.25) is 0 Å². The van der Waals surface area contributed by atoms with Crippen molar-refractivity contribution < 1.29 is 0 Å². The summed E-state index contributed by atoms with van der Waals surface area (Å²) < 4.78 is 3.36. The van der Waals surface area contributed by atoms with Gasteiger partial charge in [-0.2, -0.15) is 0 Å². The predicted molar refractivity (Wildman–Crippen MR) is 91.1 cm³/mol. The van der Waals surface area contributed by atoms with E-state index >= 15 is 0 Å². The molecule has 1 aromatic heterocycles. The van der Waals surface area contributed by atoms with Crippen molar-refractivity contribution in [2.24, 2.45) is 5.73 Å². The van der Waals surface area contributed by atoms with Gasteiger partial charge in [0.2, 0.25) is 0 Å². The maximum atomic E-state index is 5.73. The summed E-state index contributed by atoms with van der Waals surface area (Å²) in [6.07, 6.45) is 1.07. The SMILES string of the molecule is CCCn1c(-c2cccc(Br)c2)nc2cc(CN)ccc21. The van der Waals surface area contributed by atoms with E-state index in [1.54, 1.807) is 0 Å². The number of hydrogen-bond acceptors (Lipinski definition) is 2. The van der Waals surface area contributed by atoms with E-state index in [0.717, 1.165) is 39.9 Å². The van der Waals surface area contributed by atoms with Crippen LogP contribution in [0.15, 0.2) is 46.9 Å². The Balaban J connectivity index is 2.23. The highest BCUT2D eigenvalue weighted by molar-refractivity contribution is 9.10. The number of fused-ring (bicyclic) bond motifs is 1. The highest BCUT2D eigenvalue weighted by Gasteiger charge is 2.12. The number of aromatic nitrogens is 2. The highest BCUT2D eigenvalue weighted by atomic mass is 79.9. The largest absolute Gasteiger partial charge is 0.326 e. The molecule has 0 aliphatic heterocycles. The van der Waals surface area contributed by atoms with Crippen molar-refractivity contribution in [3.05, 3.63) is 52.5 Å². The van der Waals surface area contributed by atoms with Gasteiger partial charge in [-0.1, -0.05) is 41.1 Å². The smallest absolute Gasteiger partial charge is 0.141 e. The molecule has 1 heterocycles. The summed E-state index contributed by atoms with van der Waals surface area (Å²) in [5, 5.41) is 0. The molecule has 0 amide bonds. The summed E-state index contributed by atoms with van der Waals surface area (Å²) in [5.41, 5.74) is 10.2. The fourth-order valence-electron chi connectivity index (χ4n) is 2.60. The van der Waals surface area contributed by atoms with Gasteiger partial charge in [0.05, 0.1) is 11.0 Å². The minimum absolute atomic E-state index is 0.544. The van der Waals surface area contributed by atoms with Gasteiger partial charge >= 0.3 is 0 Å². The number of benzene rings is 2. The summed E-state index contributed by atoms with van der Waals surface area (Å²) in [4.78, 5) is 4.84. The van der Waals surface area contributed by atoms with E-state index < -0.39 is 0 Å². The first kappa shape index (κ1) is 14.3. The number of aryl methyl sites for hydroxylation is 1. The van der Waals surface area contributed by atoms with Gasteiger partial charge in [-0.25, -0.2) is 4.98 Å². The molecule has 108 valence electrons. The molecule has 3 rings (SSSR count). The molecule has 0 fully saturated rings. The fourth-order valence-corrected chi connectivity index (χ4v) is 3.00. The minimum atomic E-state index is 0.544. The van der Waals surface area contributed by atoms with Crippen molar-refractivity contribution in [3.63, 3.8) is 0 Å². The van der Waals surface area contributed by atoms with Crippen LogP contribution in [0.4, 0.5) is 0 Å². The Kier molecular flexibility index (Phi) is 4.08. The van der Waals surface area contributed by atoms with Crippen LogP contribution in [-0.4, -0.2) is 9.55 Å². The number of halogens is 1. The maximum absolute atomic E-state index is 5.73. The lowest BCUT2D eigenvalue weighted by Crippen LogP contribution is -2.00. The first-order valence-corrected chi connectivity index (χ1v) is 7.97. The summed E-state index contributed by atoms with van der Waals surface area (Å²) in [6, 6.07) is 14.6. The summed E-state index contributed by atoms with van der Waals surface area (Å²) in [6.45, 7) is 3.69. The standard InChI is InChI=1S/C17H18BrN3/c1-2-8-21-16-7-6-12(11-19)9-15(16)20-17(21)13-4-3-5-14(18)10-13/h3-7,9-10H,2,8,11,19H2,1H3. The zero-order chi connectivity index (χ0) is 14.8. The molecule has 0 atom stereocenters. The zero-order valence-corrected chi connectivity index (χ0v) is 13.6. The Morgan fingerprint density at radius 1 is 1.19 bits per heavy atom. The van der Waals surface area contributed by atoms with Gasteiger partial charge in [0.25, 0.3) is 0 Å². The Morgan fingerprint density at radius 3 is 2.76 bits per heavy atom. The molecule has 3 aromatic rings. The van der Waals surface area contributed by atoms with Crippen molar-refractivity contribution >= 4 is 27.0 Å². The van der Waals surface area contributed by atoms with E-state index in [0.29, 0.717) is 6.54 Å². The van der Waals surface area contributed by atoms with Gasteiger partial charge in [-0.3, -0.25) is 0 Å². The number of imidazole rings is 1. The first-order valence-electron chi connectivity index (χ1n) is 7.18. The average molecular weight is 344 g/mol. The average Bonchev–Trinajstić information content (AvgIpc) is 2.85. The second-order valence-corrected chi connectivity index (χ2v) is 6.04. The molecule has 2 aromatic carbocycles. The van der Waals surface area contributed by atoms with Crippen LogP contribution in [0.5, 0.6) is 0 Å². The topological polar surface area (TPSA) is 43.8 Å². The second kappa shape index (κ2) is 6.00. The van der Waals surface area contributed by atoms with Crippen LogP contribution in [0.1, 0.15) is 18.9 Å². The number of nitrogens with zero attached hydrogens (tertiary/aromatic N) is 2. The van der Waals surface area contributed by atoms with Crippen LogP contribution < -0.4 is 5.73 Å². The van der Waals surface area contributed by atoms with Crippen LogP contribution in [0, 0.1) is 0 Å².